The van der Waals surface area contributed by atoms with Crippen LogP contribution in [0, 0.1) is 13.8 Å². The molecule has 0 radical (unpaired) electrons. The number of piperidine rings is 1. The Kier molecular flexibility index (Phi) is 7.62. The van der Waals surface area contributed by atoms with Crippen molar-refractivity contribution in [3.8, 4) is 11.5 Å². The number of ether oxygens (including phenoxy) is 1. The third kappa shape index (κ3) is 6.21. The van der Waals surface area contributed by atoms with E-state index in [0.717, 1.165) is 56.8 Å². The molecule has 32 heavy (non-hydrogen) atoms. The van der Waals surface area contributed by atoms with Gasteiger partial charge < -0.3 is 14.7 Å². The molecular formula is C29H35NO2. The quantitative estimate of drug-likeness (QED) is 0.458. The second-order valence-corrected chi connectivity index (χ2v) is 9.18. The first kappa shape index (κ1) is 22.6. The van der Waals surface area contributed by atoms with Crippen molar-refractivity contribution in [1.29, 1.82) is 0 Å². The van der Waals surface area contributed by atoms with Crippen LogP contribution in [-0.4, -0.2) is 35.7 Å². The van der Waals surface area contributed by atoms with Gasteiger partial charge in [0, 0.05) is 6.54 Å². The number of rotatable bonds is 8. The topological polar surface area (TPSA) is 32.7 Å². The van der Waals surface area contributed by atoms with Crippen LogP contribution in [0.4, 0.5) is 0 Å². The normalized spacial score (nSPS) is 16.1. The molecule has 0 aromatic heterocycles. The smallest absolute Gasteiger partial charge is 0.127 e. The molecule has 3 aromatic rings. The molecule has 3 nitrogen and oxygen atoms in total. The van der Waals surface area contributed by atoms with Crippen LogP contribution in [0.1, 0.15) is 47.4 Å². The van der Waals surface area contributed by atoms with Crippen LogP contribution in [-0.2, 0) is 6.42 Å². The highest BCUT2D eigenvalue weighted by atomic mass is 16.5. The van der Waals surface area contributed by atoms with Gasteiger partial charge >= 0.3 is 0 Å². The van der Waals surface area contributed by atoms with E-state index in [-0.39, 0.29) is 6.10 Å². The van der Waals surface area contributed by atoms with Gasteiger partial charge in [-0.3, -0.25) is 0 Å². The van der Waals surface area contributed by atoms with Crippen molar-refractivity contribution in [1.82, 2.24) is 4.90 Å². The lowest BCUT2D eigenvalue weighted by Crippen LogP contribution is -2.38. The van der Waals surface area contributed by atoms with Crippen LogP contribution < -0.4 is 4.74 Å². The highest BCUT2D eigenvalue weighted by Crippen LogP contribution is 2.30. The third-order valence-corrected chi connectivity index (χ3v) is 6.63. The van der Waals surface area contributed by atoms with Crippen LogP contribution in [0.2, 0.25) is 0 Å². The van der Waals surface area contributed by atoms with Crippen molar-refractivity contribution >= 4 is 0 Å². The Morgan fingerprint density at radius 3 is 2.28 bits per heavy atom. The van der Waals surface area contributed by atoms with Crippen molar-refractivity contribution in [2.75, 3.05) is 19.6 Å². The third-order valence-electron chi connectivity index (χ3n) is 6.63. The summed E-state index contributed by atoms with van der Waals surface area (Å²) in [5, 5.41) is 10.6. The number of aliphatic hydroxyl groups is 1. The first-order valence-electron chi connectivity index (χ1n) is 11.9. The Bertz CT molecular complexity index is 976. The number of hydrogen-bond donors (Lipinski definition) is 1. The van der Waals surface area contributed by atoms with Crippen molar-refractivity contribution in [2.45, 2.75) is 51.6 Å². The van der Waals surface area contributed by atoms with Gasteiger partial charge in [0.15, 0.2) is 0 Å². The van der Waals surface area contributed by atoms with Crippen LogP contribution >= 0.6 is 0 Å². The van der Waals surface area contributed by atoms with Crippen LogP contribution in [0.3, 0.4) is 0 Å². The molecule has 1 fully saturated rings. The molecule has 0 amide bonds. The lowest BCUT2D eigenvalue weighted by Gasteiger charge is -2.33. The van der Waals surface area contributed by atoms with E-state index in [2.05, 4.69) is 61.2 Å². The predicted molar refractivity (Wildman–Crippen MR) is 132 cm³/mol. The minimum Gasteiger partial charge on any atom is -0.457 e. The zero-order chi connectivity index (χ0) is 22.3. The fourth-order valence-corrected chi connectivity index (χ4v) is 4.72. The van der Waals surface area contributed by atoms with Crippen LogP contribution in [0.5, 0.6) is 11.5 Å². The highest BCUT2D eigenvalue weighted by molar-refractivity contribution is 5.34. The lowest BCUT2D eigenvalue weighted by molar-refractivity contribution is 0.0912. The Balaban J connectivity index is 1.21. The van der Waals surface area contributed by atoms with E-state index in [1.807, 2.05) is 30.3 Å². The van der Waals surface area contributed by atoms with Gasteiger partial charge in [0.2, 0.25) is 0 Å². The van der Waals surface area contributed by atoms with Crippen molar-refractivity contribution in [3.63, 3.8) is 0 Å². The van der Waals surface area contributed by atoms with Crippen LogP contribution in [0.15, 0.2) is 72.8 Å². The molecule has 1 aliphatic heterocycles. The van der Waals surface area contributed by atoms with E-state index < -0.39 is 0 Å². The molecule has 0 aliphatic carbocycles. The summed E-state index contributed by atoms with van der Waals surface area (Å²) in [5.41, 5.74) is 5.37. The molecule has 0 saturated carbocycles. The summed E-state index contributed by atoms with van der Waals surface area (Å²) in [6.07, 6.45) is 3.79. The number of aliphatic hydroxyl groups excluding tert-OH is 1. The summed E-state index contributed by atoms with van der Waals surface area (Å²) in [7, 11) is 0. The molecule has 4 rings (SSSR count). The van der Waals surface area contributed by atoms with Gasteiger partial charge in [0.05, 0.1) is 6.10 Å². The molecule has 1 heterocycles. The minimum absolute atomic E-state index is 0.262. The molecule has 0 bridgehead atoms. The van der Waals surface area contributed by atoms with E-state index >= 15 is 0 Å². The zero-order valence-electron chi connectivity index (χ0n) is 19.3. The molecule has 168 valence electrons. The zero-order valence-corrected chi connectivity index (χ0v) is 19.3. The molecule has 0 unspecified atom stereocenters. The Morgan fingerprint density at radius 2 is 1.59 bits per heavy atom. The van der Waals surface area contributed by atoms with Crippen molar-refractivity contribution in [2.24, 2.45) is 0 Å². The summed E-state index contributed by atoms with van der Waals surface area (Å²) in [4.78, 5) is 2.43. The van der Waals surface area contributed by atoms with E-state index in [0.29, 0.717) is 5.92 Å². The van der Waals surface area contributed by atoms with Crippen molar-refractivity contribution < 1.29 is 9.84 Å². The number of nitrogens with zero attached hydrogens (tertiary/aromatic N) is 1. The van der Waals surface area contributed by atoms with Gasteiger partial charge in [-0.05, 0) is 99.5 Å². The molecule has 3 heteroatoms. The number of likely N-dealkylation sites (tertiary alicyclic amines) is 1. The van der Waals surface area contributed by atoms with Gasteiger partial charge in [-0.25, -0.2) is 0 Å². The average Bonchev–Trinajstić information content (AvgIpc) is 2.80. The highest BCUT2D eigenvalue weighted by Gasteiger charge is 2.22. The van der Waals surface area contributed by atoms with E-state index in [9.17, 15) is 5.11 Å². The molecule has 1 N–H and O–H groups in total. The SMILES string of the molecule is Cc1ccc(CC[C@H](O)CN2CCC(c3ccc(Oc4ccccc4)cc3)CC2)c(C)c1. The maximum Gasteiger partial charge on any atom is 0.127 e. The fourth-order valence-electron chi connectivity index (χ4n) is 4.72. The number of aryl methyl sites for hydroxylation is 3. The molecular weight excluding hydrogens is 394 g/mol. The second kappa shape index (κ2) is 10.8. The minimum atomic E-state index is -0.262. The number of para-hydroxylation sites is 1. The van der Waals surface area contributed by atoms with E-state index in [1.54, 1.807) is 0 Å². The molecule has 1 aliphatic rings. The van der Waals surface area contributed by atoms with Gasteiger partial charge in [0.1, 0.15) is 11.5 Å². The molecule has 1 saturated heterocycles. The lowest BCUT2D eigenvalue weighted by atomic mass is 9.89. The summed E-state index contributed by atoms with van der Waals surface area (Å²) >= 11 is 0. The van der Waals surface area contributed by atoms with E-state index in [1.165, 1.54) is 22.3 Å². The summed E-state index contributed by atoms with van der Waals surface area (Å²) in [5.74, 6) is 2.33. The fraction of sp³-hybridized carbons (Fsp3) is 0.379. The molecule has 3 aromatic carbocycles. The average molecular weight is 430 g/mol. The standard InChI is InChI=1S/C29H35NO2/c1-22-8-9-24(23(2)20-22)10-13-27(31)21-30-18-16-26(17-19-30)25-11-14-29(15-12-25)32-28-6-4-3-5-7-28/h3-9,11-12,14-15,20,26-27,31H,10,13,16-19,21H2,1-2H3/t27-/m0/s1. The Morgan fingerprint density at radius 1 is 0.906 bits per heavy atom. The Hall–Kier alpha value is -2.62. The number of β-amino-alcohol motifs (C(OH)–C–C–N with tert-alkyl or cyclic N) is 1. The van der Waals surface area contributed by atoms with E-state index in [4.69, 9.17) is 4.74 Å². The first-order valence-corrected chi connectivity index (χ1v) is 11.9. The van der Waals surface area contributed by atoms with Gasteiger partial charge in [-0.2, -0.15) is 0 Å². The largest absolute Gasteiger partial charge is 0.457 e. The number of hydrogen-bond acceptors (Lipinski definition) is 3. The second-order valence-electron chi connectivity index (χ2n) is 9.18. The maximum atomic E-state index is 10.6. The molecule has 1 atom stereocenters. The van der Waals surface area contributed by atoms with Crippen LogP contribution in [0.25, 0.3) is 0 Å². The summed E-state index contributed by atoms with van der Waals surface area (Å²) in [6.45, 7) is 7.17. The monoisotopic (exact) mass is 429 g/mol. The predicted octanol–water partition coefficient (Wildman–Crippen LogP) is 6.27. The Labute approximate surface area is 192 Å². The summed E-state index contributed by atoms with van der Waals surface area (Å²) < 4.78 is 5.91. The van der Waals surface area contributed by atoms with Gasteiger partial charge in [0.25, 0.3) is 0 Å². The van der Waals surface area contributed by atoms with Gasteiger partial charge in [-0.15, -0.1) is 0 Å². The van der Waals surface area contributed by atoms with Crippen molar-refractivity contribution in [3.05, 3.63) is 95.1 Å². The maximum absolute atomic E-state index is 10.6. The number of benzene rings is 3. The van der Waals surface area contributed by atoms with Gasteiger partial charge in [-0.1, -0.05) is 54.1 Å². The summed E-state index contributed by atoms with van der Waals surface area (Å²) in [6, 6.07) is 25.1. The first-order chi connectivity index (χ1) is 15.6. The molecule has 0 spiro atoms.